The maximum absolute atomic E-state index is 11.1. The van der Waals surface area contributed by atoms with Gasteiger partial charge in [-0.1, -0.05) is 17.7 Å². The number of anilines is 1. The molecule has 1 aromatic heterocycles. The zero-order valence-corrected chi connectivity index (χ0v) is 23.1. The molecule has 0 bridgehead atoms. The van der Waals surface area contributed by atoms with Crippen LogP contribution in [-0.2, 0) is 26.8 Å². The molecule has 0 fully saturated rings. The number of nitrogens with zero attached hydrogens (tertiary/aromatic N) is 2. The summed E-state index contributed by atoms with van der Waals surface area (Å²) >= 11 is 0. The minimum atomic E-state index is -4.27. The van der Waals surface area contributed by atoms with E-state index >= 15 is 0 Å². The number of rotatable bonds is 11. The molecule has 0 amide bonds. The van der Waals surface area contributed by atoms with Gasteiger partial charge in [-0.05, 0) is 62.9 Å². The first kappa shape index (κ1) is 28.0. The van der Waals surface area contributed by atoms with E-state index in [0.717, 1.165) is 33.4 Å². The lowest BCUT2D eigenvalue weighted by atomic mass is 10.1. The largest absolute Gasteiger partial charge is 0.748 e. The number of aryl methyl sites for hydroxylation is 3. The van der Waals surface area contributed by atoms with Crippen LogP contribution in [-0.4, -0.2) is 44.0 Å². The number of hydrogen-bond acceptors (Lipinski definition) is 8. The summed E-state index contributed by atoms with van der Waals surface area (Å²) in [6, 6.07) is 15.9. The number of unbranched alkanes of at least 4 members (excludes halogenated alkanes) is 2. The Labute approximate surface area is 223 Å². The Balaban J connectivity index is 1.68. The summed E-state index contributed by atoms with van der Waals surface area (Å²) in [4.78, 5) is 1.98. The molecule has 2 heterocycles. The van der Waals surface area contributed by atoms with E-state index < -0.39 is 31.7 Å². The Morgan fingerprint density at radius 3 is 2.21 bits per heavy atom. The molecule has 0 unspecified atom stereocenters. The minimum absolute atomic E-state index is 0.245. The number of fused-ring (bicyclic) bond motifs is 2. The van der Waals surface area contributed by atoms with E-state index in [1.807, 2.05) is 67.3 Å². The predicted octanol–water partition coefficient (Wildman–Crippen LogP) is 3.59. The molecule has 0 saturated carbocycles. The highest BCUT2D eigenvalue weighted by Crippen LogP contribution is 2.40. The van der Waals surface area contributed by atoms with Gasteiger partial charge in [-0.25, -0.2) is 16.8 Å². The van der Waals surface area contributed by atoms with Crippen LogP contribution in [0.2, 0.25) is 0 Å². The summed E-state index contributed by atoms with van der Waals surface area (Å²) < 4.78 is 74.7. The molecule has 0 saturated heterocycles. The molecule has 1 aliphatic rings. The zero-order chi connectivity index (χ0) is 27.5. The van der Waals surface area contributed by atoms with Crippen LogP contribution in [0.4, 0.5) is 5.69 Å². The van der Waals surface area contributed by atoms with E-state index in [1.54, 1.807) is 0 Å². The number of benzene rings is 2. The van der Waals surface area contributed by atoms with Crippen molar-refractivity contribution in [3.8, 4) is 5.75 Å². The van der Waals surface area contributed by atoms with Gasteiger partial charge in [0.2, 0.25) is 17.1 Å². The van der Waals surface area contributed by atoms with Gasteiger partial charge in [0.25, 0.3) is 0 Å². The third-order valence-corrected chi connectivity index (χ3v) is 8.01. The van der Waals surface area contributed by atoms with Gasteiger partial charge in [0.1, 0.15) is 6.54 Å². The van der Waals surface area contributed by atoms with Crippen molar-refractivity contribution in [1.29, 1.82) is 0 Å². The fourth-order valence-electron chi connectivity index (χ4n) is 4.61. The van der Waals surface area contributed by atoms with Crippen LogP contribution in [0.15, 0.2) is 54.4 Å². The van der Waals surface area contributed by atoms with Crippen molar-refractivity contribution in [3.63, 3.8) is 0 Å². The standard InChI is InChI=1S/C27H32N2O7S2/c1-20-7-11-24-22(17-20)9-10-23(28(24)13-3-5-15-37(30,31)32)19-27-29(14-4-6-16-38(33,34)35)25-18-21(2)8-12-26(25)36-27/h7-12,17-19H,3-6,13-16H2,1-2H3,(H-,30,31,32,33,34,35)/p-1. The molecule has 9 nitrogen and oxygen atoms in total. The average Bonchev–Trinajstić information content (AvgIpc) is 3.15. The highest BCUT2D eigenvalue weighted by atomic mass is 32.2. The van der Waals surface area contributed by atoms with E-state index in [1.165, 1.54) is 0 Å². The van der Waals surface area contributed by atoms with Crippen molar-refractivity contribution in [3.05, 3.63) is 71.2 Å². The van der Waals surface area contributed by atoms with Gasteiger partial charge < -0.3 is 18.7 Å². The second kappa shape index (κ2) is 11.4. The summed E-state index contributed by atoms with van der Waals surface area (Å²) in [6.07, 6.45) is 3.39. The molecule has 11 heteroatoms. The SMILES string of the molecule is Cc1ccc2c(c1)N(CCCCS(=O)(=O)[O-])/C(=C/c1ccc3cc(C)ccc3[n+]1CCCCS(=O)(=O)[O-])O2. The summed E-state index contributed by atoms with van der Waals surface area (Å²) in [5, 5.41) is 1.03. The summed E-state index contributed by atoms with van der Waals surface area (Å²) in [7, 11) is -8.55. The smallest absolute Gasteiger partial charge is 0.212 e. The zero-order valence-electron chi connectivity index (χ0n) is 21.4. The molecule has 2 aromatic carbocycles. The first-order valence-electron chi connectivity index (χ1n) is 12.5. The lowest BCUT2D eigenvalue weighted by Crippen LogP contribution is -2.38. The van der Waals surface area contributed by atoms with Crippen molar-refractivity contribution < 1.29 is 35.2 Å². The molecular formula is C27H31N2O7S2-. The van der Waals surface area contributed by atoms with Crippen molar-refractivity contribution in [1.82, 2.24) is 0 Å². The van der Waals surface area contributed by atoms with Crippen LogP contribution in [0.5, 0.6) is 5.75 Å². The monoisotopic (exact) mass is 559 g/mol. The molecule has 1 aliphatic heterocycles. The lowest BCUT2D eigenvalue weighted by Gasteiger charge is -2.19. The Morgan fingerprint density at radius 2 is 1.50 bits per heavy atom. The first-order valence-corrected chi connectivity index (χ1v) is 15.6. The number of hydrogen-bond donors (Lipinski definition) is 0. The van der Waals surface area contributed by atoms with Crippen LogP contribution < -0.4 is 14.2 Å². The fourth-order valence-corrected chi connectivity index (χ4v) is 5.72. The molecular weight excluding hydrogens is 528 g/mol. The van der Waals surface area contributed by atoms with E-state index in [2.05, 4.69) is 10.6 Å². The number of pyridine rings is 1. The normalized spacial score (nSPS) is 14.7. The van der Waals surface area contributed by atoms with Gasteiger partial charge in [0.15, 0.2) is 5.75 Å². The van der Waals surface area contributed by atoms with Crippen molar-refractivity contribution in [2.75, 3.05) is 23.0 Å². The van der Waals surface area contributed by atoms with Gasteiger partial charge >= 0.3 is 0 Å². The third-order valence-electron chi connectivity index (χ3n) is 6.43. The van der Waals surface area contributed by atoms with Gasteiger partial charge in [-0.15, -0.1) is 0 Å². The quantitative estimate of drug-likeness (QED) is 0.198. The molecule has 0 N–H and O–H groups in total. The molecule has 4 rings (SSSR count). The van der Waals surface area contributed by atoms with Crippen LogP contribution in [0.25, 0.3) is 17.0 Å². The minimum Gasteiger partial charge on any atom is -0.748 e. The van der Waals surface area contributed by atoms with Crippen LogP contribution in [0.3, 0.4) is 0 Å². The van der Waals surface area contributed by atoms with E-state index in [9.17, 15) is 25.9 Å². The van der Waals surface area contributed by atoms with E-state index in [4.69, 9.17) is 4.74 Å². The van der Waals surface area contributed by atoms with Crippen LogP contribution in [0.1, 0.15) is 42.5 Å². The Kier molecular flexibility index (Phi) is 8.41. The van der Waals surface area contributed by atoms with Gasteiger partial charge in [-0.3, -0.25) is 0 Å². The predicted molar refractivity (Wildman–Crippen MR) is 144 cm³/mol. The van der Waals surface area contributed by atoms with Crippen molar-refractivity contribution in [2.45, 2.75) is 46.1 Å². The molecule has 0 spiro atoms. The molecule has 204 valence electrons. The Morgan fingerprint density at radius 1 is 0.842 bits per heavy atom. The summed E-state index contributed by atoms with van der Waals surface area (Å²) in [6.45, 7) is 4.96. The second-order valence-electron chi connectivity index (χ2n) is 9.62. The van der Waals surface area contributed by atoms with Crippen molar-refractivity contribution >= 4 is 42.9 Å². The van der Waals surface area contributed by atoms with Gasteiger partial charge in [0, 0.05) is 42.0 Å². The summed E-state index contributed by atoms with van der Waals surface area (Å²) in [5.41, 5.74) is 4.82. The highest BCUT2D eigenvalue weighted by Gasteiger charge is 2.28. The molecule has 0 aliphatic carbocycles. The van der Waals surface area contributed by atoms with E-state index in [-0.39, 0.29) is 12.8 Å². The Bertz CT molecular complexity index is 1580. The highest BCUT2D eigenvalue weighted by molar-refractivity contribution is 7.85. The average molecular weight is 560 g/mol. The lowest BCUT2D eigenvalue weighted by molar-refractivity contribution is -0.673. The van der Waals surface area contributed by atoms with E-state index in [0.29, 0.717) is 37.6 Å². The number of aromatic nitrogens is 1. The van der Waals surface area contributed by atoms with Gasteiger partial charge in [0.05, 0.1) is 32.0 Å². The number of ether oxygens (including phenoxy) is 1. The third kappa shape index (κ3) is 7.31. The second-order valence-corrected chi connectivity index (χ2v) is 12.7. The molecule has 0 atom stereocenters. The van der Waals surface area contributed by atoms with Crippen LogP contribution >= 0.6 is 0 Å². The van der Waals surface area contributed by atoms with Gasteiger partial charge in [-0.2, -0.15) is 4.57 Å². The first-order chi connectivity index (χ1) is 17.9. The van der Waals surface area contributed by atoms with Crippen molar-refractivity contribution in [2.24, 2.45) is 0 Å². The molecule has 38 heavy (non-hydrogen) atoms. The Hall–Kier alpha value is -2.99. The molecule has 0 radical (unpaired) electrons. The fraction of sp³-hybridized carbons (Fsp3) is 0.370. The van der Waals surface area contributed by atoms with Crippen LogP contribution in [0, 0.1) is 13.8 Å². The maximum atomic E-state index is 11.1. The topological polar surface area (TPSA) is 131 Å². The maximum Gasteiger partial charge on any atom is 0.212 e. The molecule has 3 aromatic rings. The summed E-state index contributed by atoms with van der Waals surface area (Å²) in [5.74, 6) is 0.433.